The first-order valence-corrected chi connectivity index (χ1v) is 8.93. The van der Waals surface area contributed by atoms with Crippen LogP contribution in [0, 0.1) is 11.8 Å². The third-order valence-corrected chi connectivity index (χ3v) is 5.21. The van der Waals surface area contributed by atoms with Crippen molar-refractivity contribution < 1.29 is 9.90 Å². The highest BCUT2D eigenvalue weighted by Gasteiger charge is 2.28. The number of halogens is 1. The number of nitrogens with one attached hydrogen (secondary N) is 1. The number of carbonyl (C=O) groups excluding carboxylic acids is 1. The molecular weight excluding hydrogens is 312 g/mol. The molecule has 1 aromatic carbocycles. The van der Waals surface area contributed by atoms with Gasteiger partial charge in [0.1, 0.15) is 0 Å². The first kappa shape index (κ1) is 16.7. The normalized spacial score (nSPS) is 20.5. The van der Waals surface area contributed by atoms with Gasteiger partial charge in [-0.05, 0) is 61.8 Å². The molecule has 0 spiro atoms. The van der Waals surface area contributed by atoms with Crippen molar-refractivity contribution in [3.63, 3.8) is 0 Å². The third-order valence-electron chi connectivity index (χ3n) is 4.96. The fourth-order valence-electron chi connectivity index (χ4n) is 3.21. The van der Waals surface area contributed by atoms with Crippen molar-refractivity contribution in [1.29, 1.82) is 0 Å². The SMILES string of the molecule is O=C(CNCC1CC1)N1CCC(C(O)c2ccc(Cl)cc2)CC1. The lowest BCUT2D eigenvalue weighted by Gasteiger charge is -2.34. The zero-order valence-electron chi connectivity index (χ0n) is 13.4. The van der Waals surface area contributed by atoms with E-state index >= 15 is 0 Å². The second kappa shape index (κ2) is 7.65. The molecule has 4 nitrogen and oxygen atoms in total. The second-order valence-corrected chi connectivity index (χ2v) is 7.23. The average molecular weight is 337 g/mol. The van der Waals surface area contributed by atoms with Crippen LogP contribution in [0.2, 0.25) is 5.02 Å². The van der Waals surface area contributed by atoms with Crippen molar-refractivity contribution in [1.82, 2.24) is 10.2 Å². The van der Waals surface area contributed by atoms with Crippen LogP contribution < -0.4 is 5.32 Å². The van der Waals surface area contributed by atoms with E-state index in [1.807, 2.05) is 29.2 Å². The Balaban J connectivity index is 1.43. The minimum Gasteiger partial charge on any atom is -0.388 e. The van der Waals surface area contributed by atoms with Crippen molar-refractivity contribution in [3.8, 4) is 0 Å². The number of aliphatic hydroxyl groups excluding tert-OH is 1. The molecule has 1 saturated carbocycles. The van der Waals surface area contributed by atoms with E-state index in [0.717, 1.165) is 44.0 Å². The highest BCUT2D eigenvalue weighted by atomic mass is 35.5. The van der Waals surface area contributed by atoms with Gasteiger partial charge in [-0.15, -0.1) is 0 Å². The first-order valence-electron chi connectivity index (χ1n) is 8.55. The van der Waals surface area contributed by atoms with E-state index in [1.165, 1.54) is 12.8 Å². The van der Waals surface area contributed by atoms with Gasteiger partial charge in [0.25, 0.3) is 0 Å². The summed E-state index contributed by atoms with van der Waals surface area (Å²) in [6, 6.07) is 7.38. The lowest BCUT2D eigenvalue weighted by molar-refractivity contribution is -0.132. The van der Waals surface area contributed by atoms with E-state index in [9.17, 15) is 9.90 Å². The van der Waals surface area contributed by atoms with Gasteiger partial charge in [-0.3, -0.25) is 4.79 Å². The molecule has 1 aliphatic heterocycles. The Bertz CT molecular complexity index is 522. The van der Waals surface area contributed by atoms with Crippen molar-refractivity contribution in [2.75, 3.05) is 26.2 Å². The lowest BCUT2D eigenvalue weighted by Crippen LogP contribution is -2.44. The van der Waals surface area contributed by atoms with E-state index in [-0.39, 0.29) is 11.8 Å². The molecule has 1 aliphatic carbocycles. The van der Waals surface area contributed by atoms with Gasteiger partial charge in [-0.25, -0.2) is 0 Å². The summed E-state index contributed by atoms with van der Waals surface area (Å²) in [6.07, 6.45) is 3.82. The molecular formula is C18H25ClN2O2. The smallest absolute Gasteiger partial charge is 0.236 e. The Labute approximate surface area is 142 Å². The van der Waals surface area contributed by atoms with E-state index in [0.29, 0.717) is 11.6 Å². The first-order chi connectivity index (χ1) is 11.1. The Kier molecular flexibility index (Phi) is 5.57. The quantitative estimate of drug-likeness (QED) is 0.839. The maximum atomic E-state index is 12.2. The number of aliphatic hydroxyl groups is 1. The van der Waals surface area contributed by atoms with Gasteiger partial charge in [0.2, 0.25) is 5.91 Å². The van der Waals surface area contributed by atoms with Crippen molar-refractivity contribution in [2.45, 2.75) is 31.8 Å². The van der Waals surface area contributed by atoms with Crippen LogP contribution in [0.4, 0.5) is 0 Å². The van der Waals surface area contributed by atoms with Gasteiger partial charge < -0.3 is 15.3 Å². The zero-order valence-corrected chi connectivity index (χ0v) is 14.1. The third kappa shape index (κ3) is 4.69. The molecule has 1 atom stereocenters. The standard InChI is InChI=1S/C18H25ClN2O2/c19-16-5-3-14(4-6-16)18(23)15-7-9-21(10-8-15)17(22)12-20-11-13-1-2-13/h3-6,13,15,18,20,23H,1-2,7-12H2. The molecule has 5 heteroatoms. The fourth-order valence-corrected chi connectivity index (χ4v) is 3.34. The molecule has 1 amide bonds. The fraction of sp³-hybridized carbons (Fsp3) is 0.611. The molecule has 2 fully saturated rings. The number of benzene rings is 1. The molecule has 23 heavy (non-hydrogen) atoms. The second-order valence-electron chi connectivity index (χ2n) is 6.79. The van der Waals surface area contributed by atoms with Gasteiger partial charge >= 0.3 is 0 Å². The van der Waals surface area contributed by atoms with Crippen LogP contribution in [0.25, 0.3) is 0 Å². The molecule has 1 unspecified atom stereocenters. The lowest BCUT2D eigenvalue weighted by atomic mass is 9.87. The highest BCUT2D eigenvalue weighted by Crippen LogP contribution is 2.31. The number of amides is 1. The van der Waals surface area contributed by atoms with Gasteiger partial charge in [0.05, 0.1) is 12.6 Å². The van der Waals surface area contributed by atoms with E-state index < -0.39 is 6.10 Å². The summed E-state index contributed by atoms with van der Waals surface area (Å²) in [7, 11) is 0. The number of rotatable bonds is 6. The van der Waals surface area contributed by atoms with Gasteiger partial charge in [0.15, 0.2) is 0 Å². The molecule has 3 rings (SSSR count). The Morgan fingerprint density at radius 3 is 2.48 bits per heavy atom. The largest absolute Gasteiger partial charge is 0.388 e. The molecule has 2 aliphatic rings. The number of nitrogens with zero attached hydrogens (tertiary/aromatic N) is 1. The average Bonchev–Trinajstić information content (AvgIpc) is 3.39. The highest BCUT2D eigenvalue weighted by molar-refractivity contribution is 6.30. The van der Waals surface area contributed by atoms with Crippen LogP contribution in [-0.2, 0) is 4.79 Å². The number of hydrogen-bond acceptors (Lipinski definition) is 3. The molecule has 1 heterocycles. The predicted molar refractivity (Wildman–Crippen MR) is 91.3 cm³/mol. The summed E-state index contributed by atoms with van der Waals surface area (Å²) in [6.45, 7) is 2.89. The molecule has 2 N–H and O–H groups in total. The van der Waals surface area contributed by atoms with Gasteiger partial charge in [0, 0.05) is 18.1 Å². The predicted octanol–water partition coefficient (Wildman–Crippen LogP) is 2.61. The van der Waals surface area contributed by atoms with Crippen molar-refractivity contribution in [2.24, 2.45) is 11.8 Å². The topological polar surface area (TPSA) is 52.6 Å². The van der Waals surface area contributed by atoms with Crippen LogP contribution in [-0.4, -0.2) is 42.1 Å². The molecule has 0 bridgehead atoms. The van der Waals surface area contributed by atoms with Crippen LogP contribution in [0.1, 0.15) is 37.4 Å². The molecule has 1 aromatic rings. The minimum atomic E-state index is -0.475. The zero-order chi connectivity index (χ0) is 16.2. The van der Waals surface area contributed by atoms with E-state index in [1.54, 1.807) is 0 Å². The van der Waals surface area contributed by atoms with Crippen LogP contribution in [0.5, 0.6) is 0 Å². The number of likely N-dealkylation sites (tertiary alicyclic amines) is 1. The number of piperidine rings is 1. The Morgan fingerprint density at radius 1 is 1.22 bits per heavy atom. The van der Waals surface area contributed by atoms with Crippen LogP contribution >= 0.6 is 11.6 Å². The maximum Gasteiger partial charge on any atom is 0.236 e. The van der Waals surface area contributed by atoms with Crippen molar-refractivity contribution >= 4 is 17.5 Å². The summed E-state index contributed by atoms with van der Waals surface area (Å²) in [5, 5.41) is 14.4. The molecule has 126 valence electrons. The number of carbonyl (C=O) groups is 1. The van der Waals surface area contributed by atoms with Gasteiger partial charge in [-0.1, -0.05) is 23.7 Å². The maximum absolute atomic E-state index is 12.2. The summed E-state index contributed by atoms with van der Waals surface area (Å²) in [5.41, 5.74) is 0.908. The van der Waals surface area contributed by atoms with Gasteiger partial charge in [-0.2, -0.15) is 0 Å². The van der Waals surface area contributed by atoms with E-state index in [2.05, 4.69) is 5.32 Å². The summed E-state index contributed by atoms with van der Waals surface area (Å²) >= 11 is 5.89. The Morgan fingerprint density at radius 2 is 1.87 bits per heavy atom. The monoisotopic (exact) mass is 336 g/mol. The molecule has 0 radical (unpaired) electrons. The van der Waals surface area contributed by atoms with Crippen LogP contribution in [0.3, 0.4) is 0 Å². The summed E-state index contributed by atoms with van der Waals surface area (Å²) < 4.78 is 0. The molecule has 0 aromatic heterocycles. The Hall–Kier alpha value is -1.10. The van der Waals surface area contributed by atoms with Crippen molar-refractivity contribution in [3.05, 3.63) is 34.9 Å². The summed E-state index contributed by atoms with van der Waals surface area (Å²) in [4.78, 5) is 14.1. The molecule has 1 saturated heterocycles. The van der Waals surface area contributed by atoms with Crippen LogP contribution in [0.15, 0.2) is 24.3 Å². The minimum absolute atomic E-state index is 0.185. The van der Waals surface area contributed by atoms with E-state index in [4.69, 9.17) is 11.6 Å². The number of hydrogen-bond donors (Lipinski definition) is 2. The summed E-state index contributed by atoms with van der Waals surface area (Å²) in [5.74, 6) is 1.19.